The van der Waals surface area contributed by atoms with Crippen molar-refractivity contribution in [2.45, 2.75) is 38.1 Å². The number of nitrogens with zero attached hydrogens (tertiary/aromatic N) is 1. The SMILES string of the molecule is CN1CCC(NC(=O)C2CCCC(CN)C2)C1. The minimum absolute atomic E-state index is 0.211. The Morgan fingerprint density at radius 2 is 2.24 bits per heavy atom. The molecule has 17 heavy (non-hydrogen) atoms. The average molecular weight is 239 g/mol. The summed E-state index contributed by atoms with van der Waals surface area (Å²) in [5, 5.41) is 3.20. The number of nitrogens with two attached hydrogens (primary N) is 1. The van der Waals surface area contributed by atoms with Crippen LogP contribution < -0.4 is 11.1 Å². The van der Waals surface area contributed by atoms with Crippen molar-refractivity contribution >= 4 is 5.91 Å². The summed E-state index contributed by atoms with van der Waals surface area (Å²) in [6.07, 6.45) is 5.49. The fraction of sp³-hybridized carbons (Fsp3) is 0.923. The Labute approximate surface area is 104 Å². The van der Waals surface area contributed by atoms with Crippen LogP contribution >= 0.6 is 0 Å². The van der Waals surface area contributed by atoms with E-state index >= 15 is 0 Å². The van der Waals surface area contributed by atoms with Gasteiger partial charge in [-0.15, -0.1) is 0 Å². The minimum Gasteiger partial charge on any atom is -0.352 e. The van der Waals surface area contributed by atoms with E-state index in [-0.39, 0.29) is 11.8 Å². The Hall–Kier alpha value is -0.610. The van der Waals surface area contributed by atoms with Gasteiger partial charge in [0.15, 0.2) is 0 Å². The van der Waals surface area contributed by atoms with Crippen LogP contribution in [0.25, 0.3) is 0 Å². The molecule has 3 unspecified atom stereocenters. The molecule has 2 rings (SSSR count). The van der Waals surface area contributed by atoms with E-state index in [1.165, 1.54) is 6.42 Å². The molecule has 0 bridgehead atoms. The molecule has 1 amide bonds. The van der Waals surface area contributed by atoms with Crippen molar-refractivity contribution in [1.29, 1.82) is 0 Å². The van der Waals surface area contributed by atoms with Crippen LogP contribution in [-0.4, -0.2) is 43.5 Å². The van der Waals surface area contributed by atoms with Crippen LogP contribution in [0.4, 0.5) is 0 Å². The molecule has 1 saturated carbocycles. The second kappa shape index (κ2) is 5.83. The number of likely N-dealkylation sites (N-methyl/N-ethyl adjacent to an activating group) is 1. The van der Waals surface area contributed by atoms with Gasteiger partial charge in [-0.05, 0) is 51.7 Å². The maximum absolute atomic E-state index is 12.2. The molecule has 3 N–H and O–H groups in total. The standard InChI is InChI=1S/C13H25N3O/c1-16-6-5-12(9-16)15-13(17)11-4-2-3-10(7-11)8-14/h10-12H,2-9,14H2,1H3,(H,15,17). The molecule has 0 aromatic heterocycles. The number of likely N-dealkylation sites (tertiary alicyclic amines) is 1. The van der Waals surface area contributed by atoms with Gasteiger partial charge in [0.25, 0.3) is 0 Å². The van der Waals surface area contributed by atoms with Crippen molar-refractivity contribution in [1.82, 2.24) is 10.2 Å². The highest BCUT2D eigenvalue weighted by Gasteiger charge is 2.29. The van der Waals surface area contributed by atoms with Gasteiger partial charge < -0.3 is 16.0 Å². The molecule has 0 radical (unpaired) electrons. The molecule has 1 saturated heterocycles. The summed E-state index contributed by atoms with van der Waals surface area (Å²) in [4.78, 5) is 14.4. The Bertz CT molecular complexity index is 269. The van der Waals surface area contributed by atoms with E-state index in [1.54, 1.807) is 0 Å². The number of carbonyl (C=O) groups excluding carboxylic acids is 1. The Morgan fingerprint density at radius 1 is 1.41 bits per heavy atom. The molecule has 1 heterocycles. The topological polar surface area (TPSA) is 58.4 Å². The van der Waals surface area contributed by atoms with E-state index < -0.39 is 0 Å². The van der Waals surface area contributed by atoms with E-state index in [1.807, 2.05) is 0 Å². The summed E-state index contributed by atoms with van der Waals surface area (Å²) in [5.74, 6) is 1.04. The first kappa shape index (κ1) is 12.8. The van der Waals surface area contributed by atoms with Gasteiger partial charge in [0.2, 0.25) is 5.91 Å². The summed E-state index contributed by atoms with van der Waals surface area (Å²) in [5.41, 5.74) is 5.71. The van der Waals surface area contributed by atoms with Crippen molar-refractivity contribution < 1.29 is 4.79 Å². The highest BCUT2D eigenvalue weighted by atomic mass is 16.1. The maximum atomic E-state index is 12.2. The third-order valence-electron chi connectivity index (χ3n) is 4.22. The van der Waals surface area contributed by atoms with Crippen molar-refractivity contribution in [3.63, 3.8) is 0 Å². The number of hydrogen-bond acceptors (Lipinski definition) is 3. The number of nitrogens with one attached hydrogen (secondary N) is 1. The van der Waals surface area contributed by atoms with Crippen LogP contribution in [0.3, 0.4) is 0 Å². The van der Waals surface area contributed by atoms with Crippen LogP contribution in [0.2, 0.25) is 0 Å². The second-order valence-corrected chi connectivity index (χ2v) is 5.72. The minimum atomic E-state index is 0.211. The van der Waals surface area contributed by atoms with Gasteiger partial charge in [-0.1, -0.05) is 6.42 Å². The van der Waals surface area contributed by atoms with Crippen molar-refractivity contribution in [2.75, 3.05) is 26.7 Å². The molecule has 1 aliphatic heterocycles. The van der Waals surface area contributed by atoms with Crippen molar-refractivity contribution in [3.8, 4) is 0 Å². The predicted octanol–water partition coefficient (Wildman–Crippen LogP) is 0.572. The molecule has 0 aromatic carbocycles. The Balaban J connectivity index is 1.79. The predicted molar refractivity (Wildman–Crippen MR) is 68.5 cm³/mol. The smallest absolute Gasteiger partial charge is 0.223 e. The Morgan fingerprint density at radius 3 is 2.88 bits per heavy atom. The molecule has 4 nitrogen and oxygen atoms in total. The first-order valence-electron chi connectivity index (χ1n) is 6.88. The van der Waals surface area contributed by atoms with E-state index in [2.05, 4.69) is 17.3 Å². The van der Waals surface area contributed by atoms with Gasteiger partial charge in [-0.3, -0.25) is 4.79 Å². The summed E-state index contributed by atoms with van der Waals surface area (Å²) in [6.45, 7) is 2.83. The molecule has 4 heteroatoms. The third kappa shape index (κ3) is 3.42. The lowest BCUT2D eigenvalue weighted by Crippen LogP contribution is -2.42. The maximum Gasteiger partial charge on any atom is 0.223 e. The summed E-state index contributed by atoms with van der Waals surface area (Å²) in [6, 6.07) is 0.366. The summed E-state index contributed by atoms with van der Waals surface area (Å²) < 4.78 is 0. The highest BCUT2D eigenvalue weighted by Crippen LogP contribution is 2.28. The highest BCUT2D eigenvalue weighted by molar-refractivity contribution is 5.79. The number of amides is 1. The number of hydrogen-bond donors (Lipinski definition) is 2. The van der Waals surface area contributed by atoms with Gasteiger partial charge in [0, 0.05) is 18.5 Å². The fourth-order valence-corrected chi connectivity index (χ4v) is 3.12. The number of carbonyl (C=O) groups is 1. The van der Waals surface area contributed by atoms with Crippen molar-refractivity contribution in [2.24, 2.45) is 17.6 Å². The van der Waals surface area contributed by atoms with Crippen LogP contribution in [0, 0.1) is 11.8 Å². The monoisotopic (exact) mass is 239 g/mol. The van der Waals surface area contributed by atoms with E-state index in [4.69, 9.17) is 5.73 Å². The van der Waals surface area contributed by atoms with Crippen LogP contribution in [0.1, 0.15) is 32.1 Å². The molecule has 0 aromatic rings. The van der Waals surface area contributed by atoms with Gasteiger partial charge in [0.05, 0.1) is 0 Å². The number of rotatable bonds is 3. The van der Waals surface area contributed by atoms with Crippen molar-refractivity contribution in [3.05, 3.63) is 0 Å². The molecule has 0 spiro atoms. The van der Waals surface area contributed by atoms with Crippen LogP contribution in [0.5, 0.6) is 0 Å². The van der Waals surface area contributed by atoms with E-state index in [0.29, 0.717) is 12.0 Å². The van der Waals surface area contributed by atoms with Gasteiger partial charge >= 0.3 is 0 Å². The zero-order valence-electron chi connectivity index (χ0n) is 10.8. The third-order valence-corrected chi connectivity index (χ3v) is 4.22. The normalized spacial score (nSPS) is 34.8. The molecule has 3 atom stereocenters. The van der Waals surface area contributed by atoms with Crippen LogP contribution in [-0.2, 0) is 4.79 Å². The lowest BCUT2D eigenvalue weighted by atomic mass is 9.81. The zero-order valence-corrected chi connectivity index (χ0v) is 10.8. The van der Waals surface area contributed by atoms with E-state index in [0.717, 1.165) is 45.3 Å². The second-order valence-electron chi connectivity index (χ2n) is 5.72. The Kier molecular flexibility index (Phi) is 4.40. The van der Waals surface area contributed by atoms with Gasteiger partial charge in [-0.25, -0.2) is 0 Å². The van der Waals surface area contributed by atoms with E-state index in [9.17, 15) is 4.79 Å². The average Bonchev–Trinajstić information content (AvgIpc) is 2.75. The lowest BCUT2D eigenvalue weighted by Gasteiger charge is -2.28. The first-order chi connectivity index (χ1) is 8.19. The first-order valence-corrected chi connectivity index (χ1v) is 6.88. The largest absolute Gasteiger partial charge is 0.352 e. The molecular weight excluding hydrogens is 214 g/mol. The molecular formula is C13H25N3O. The van der Waals surface area contributed by atoms with Gasteiger partial charge in [-0.2, -0.15) is 0 Å². The fourth-order valence-electron chi connectivity index (χ4n) is 3.12. The van der Waals surface area contributed by atoms with Gasteiger partial charge in [0.1, 0.15) is 0 Å². The van der Waals surface area contributed by atoms with Crippen LogP contribution in [0.15, 0.2) is 0 Å². The summed E-state index contributed by atoms with van der Waals surface area (Å²) in [7, 11) is 2.11. The molecule has 98 valence electrons. The quantitative estimate of drug-likeness (QED) is 0.757. The molecule has 2 fully saturated rings. The zero-order chi connectivity index (χ0) is 12.3. The summed E-state index contributed by atoms with van der Waals surface area (Å²) >= 11 is 0. The lowest BCUT2D eigenvalue weighted by molar-refractivity contribution is -0.127. The molecule has 1 aliphatic carbocycles. The molecule has 2 aliphatic rings.